The molecule has 1 aliphatic heterocycles. The Morgan fingerprint density at radius 3 is 2.92 bits per heavy atom. The molecule has 1 N–H and O–H groups in total. The van der Waals surface area contributed by atoms with Gasteiger partial charge in [0.05, 0.1) is 18.6 Å². The molecule has 26 heavy (non-hydrogen) atoms. The van der Waals surface area contributed by atoms with Crippen molar-refractivity contribution in [2.45, 2.75) is 36.7 Å². The summed E-state index contributed by atoms with van der Waals surface area (Å²) >= 11 is 0. The monoisotopic (exact) mass is 356 g/mol. The molecule has 0 bridgehead atoms. The van der Waals surface area contributed by atoms with Gasteiger partial charge in [0.1, 0.15) is 17.9 Å². The first-order valence-electron chi connectivity index (χ1n) is 9.01. The fourth-order valence-electron chi connectivity index (χ4n) is 4.02. The minimum Gasteiger partial charge on any atom is -0.496 e. The van der Waals surface area contributed by atoms with Gasteiger partial charge in [-0.05, 0) is 25.3 Å². The van der Waals surface area contributed by atoms with Crippen LogP contribution in [0.5, 0.6) is 5.75 Å². The van der Waals surface area contributed by atoms with Gasteiger partial charge < -0.3 is 14.4 Å². The third kappa shape index (κ3) is 2.86. The summed E-state index contributed by atoms with van der Waals surface area (Å²) in [6, 6.07) is 7.82. The van der Waals surface area contributed by atoms with Crippen molar-refractivity contribution in [3.63, 3.8) is 0 Å². The molecule has 7 heteroatoms. The van der Waals surface area contributed by atoms with Crippen molar-refractivity contribution in [2.24, 2.45) is 0 Å². The summed E-state index contributed by atoms with van der Waals surface area (Å²) in [4.78, 5) is 19.3. The molecule has 2 aromatic rings. The molecule has 2 atom stereocenters. The summed E-state index contributed by atoms with van der Waals surface area (Å²) in [6.45, 7) is 1.22. The van der Waals surface area contributed by atoms with Crippen LogP contribution in [-0.4, -0.2) is 59.4 Å². The molecule has 1 aromatic heterocycles. The van der Waals surface area contributed by atoms with E-state index in [2.05, 4.69) is 15.2 Å². The first-order valence-corrected chi connectivity index (χ1v) is 9.01. The second kappa shape index (κ2) is 6.72. The number of benzene rings is 1. The standard InChI is InChI=1S/C19H24N4O3/c1-23(11-16-13(7-10-26-16)17-20-12-21-22-17)18(24)19(8-9-19)14-5-3-4-6-15(14)25-2/h3-6,12-13,16H,7-11H2,1-2H3,(H,20,21,22)/t13-,16-/m1/s1. The molecule has 138 valence electrons. The van der Waals surface area contributed by atoms with E-state index in [1.807, 2.05) is 31.3 Å². The molecule has 1 saturated heterocycles. The number of aromatic amines is 1. The van der Waals surface area contributed by atoms with Gasteiger partial charge in [-0.25, -0.2) is 4.98 Å². The normalized spacial score (nSPS) is 23.6. The van der Waals surface area contributed by atoms with Crippen molar-refractivity contribution >= 4 is 5.91 Å². The van der Waals surface area contributed by atoms with E-state index < -0.39 is 5.41 Å². The van der Waals surface area contributed by atoms with Gasteiger partial charge in [-0.1, -0.05) is 18.2 Å². The van der Waals surface area contributed by atoms with Crippen molar-refractivity contribution in [2.75, 3.05) is 27.3 Å². The number of hydrogen-bond acceptors (Lipinski definition) is 5. The minimum atomic E-state index is -0.457. The lowest BCUT2D eigenvalue weighted by Crippen LogP contribution is -2.42. The van der Waals surface area contributed by atoms with E-state index in [4.69, 9.17) is 9.47 Å². The first kappa shape index (κ1) is 17.0. The van der Waals surface area contributed by atoms with Crippen LogP contribution in [0.2, 0.25) is 0 Å². The molecule has 1 saturated carbocycles. The summed E-state index contributed by atoms with van der Waals surface area (Å²) in [5.74, 6) is 1.89. The SMILES string of the molecule is COc1ccccc1C1(C(=O)N(C)C[C@H]2OCC[C@H]2c2ncn[nH]2)CC1. The molecule has 1 amide bonds. The number of nitrogens with zero attached hydrogens (tertiary/aromatic N) is 3. The van der Waals surface area contributed by atoms with Crippen LogP contribution in [-0.2, 0) is 14.9 Å². The van der Waals surface area contributed by atoms with E-state index in [-0.39, 0.29) is 17.9 Å². The number of carbonyl (C=O) groups is 1. The van der Waals surface area contributed by atoms with Gasteiger partial charge >= 0.3 is 0 Å². The van der Waals surface area contributed by atoms with Gasteiger partial charge in [0.2, 0.25) is 5.91 Å². The number of methoxy groups -OCH3 is 1. The quantitative estimate of drug-likeness (QED) is 0.855. The minimum absolute atomic E-state index is 0.0645. The van der Waals surface area contributed by atoms with Gasteiger partial charge in [-0.2, -0.15) is 5.10 Å². The fourth-order valence-corrected chi connectivity index (χ4v) is 4.02. The Labute approximate surface area is 152 Å². The molecule has 1 aromatic carbocycles. The van der Waals surface area contributed by atoms with Crippen LogP contribution in [0.15, 0.2) is 30.6 Å². The number of ether oxygens (including phenoxy) is 2. The number of para-hydroxylation sites is 1. The average molecular weight is 356 g/mol. The van der Waals surface area contributed by atoms with Crippen molar-refractivity contribution in [1.29, 1.82) is 0 Å². The largest absolute Gasteiger partial charge is 0.496 e. The van der Waals surface area contributed by atoms with E-state index >= 15 is 0 Å². The molecular formula is C19H24N4O3. The van der Waals surface area contributed by atoms with Crippen molar-refractivity contribution < 1.29 is 14.3 Å². The maximum atomic E-state index is 13.3. The highest BCUT2D eigenvalue weighted by Crippen LogP contribution is 2.52. The van der Waals surface area contributed by atoms with Gasteiger partial charge in [0.25, 0.3) is 0 Å². The van der Waals surface area contributed by atoms with Crippen LogP contribution in [0.3, 0.4) is 0 Å². The summed E-state index contributed by atoms with van der Waals surface area (Å²) in [6.07, 6.45) is 4.05. The summed E-state index contributed by atoms with van der Waals surface area (Å²) in [5, 5.41) is 6.87. The summed E-state index contributed by atoms with van der Waals surface area (Å²) in [7, 11) is 3.51. The van der Waals surface area contributed by atoms with Crippen LogP contribution in [0.1, 0.15) is 36.6 Å². The number of carbonyl (C=O) groups excluding carboxylic acids is 1. The lowest BCUT2D eigenvalue weighted by molar-refractivity contribution is -0.134. The Balaban J connectivity index is 1.50. The van der Waals surface area contributed by atoms with Crippen LogP contribution in [0.25, 0.3) is 0 Å². The van der Waals surface area contributed by atoms with E-state index in [0.29, 0.717) is 13.2 Å². The molecule has 2 heterocycles. The summed E-state index contributed by atoms with van der Waals surface area (Å²) < 4.78 is 11.4. The highest BCUT2D eigenvalue weighted by Gasteiger charge is 2.54. The van der Waals surface area contributed by atoms with Crippen LogP contribution in [0, 0.1) is 0 Å². The molecule has 7 nitrogen and oxygen atoms in total. The highest BCUT2D eigenvalue weighted by molar-refractivity contribution is 5.92. The zero-order valence-corrected chi connectivity index (χ0v) is 15.1. The Bertz CT molecular complexity index is 773. The molecule has 2 fully saturated rings. The second-order valence-electron chi connectivity index (χ2n) is 7.14. The number of amides is 1. The predicted molar refractivity (Wildman–Crippen MR) is 95.0 cm³/mol. The van der Waals surface area contributed by atoms with Gasteiger partial charge in [0, 0.05) is 31.7 Å². The molecular weight excluding hydrogens is 332 g/mol. The number of hydrogen-bond donors (Lipinski definition) is 1. The number of nitrogens with one attached hydrogen (secondary N) is 1. The number of H-pyrrole nitrogens is 1. The third-order valence-electron chi connectivity index (χ3n) is 5.58. The first-order chi connectivity index (χ1) is 12.7. The zero-order valence-electron chi connectivity index (χ0n) is 15.1. The number of likely N-dealkylation sites (N-methyl/N-ethyl adjacent to an activating group) is 1. The van der Waals surface area contributed by atoms with Crippen LogP contribution >= 0.6 is 0 Å². The molecule has 0 radical (unpaired) electrons. The summed E-state index contributed by atoms with van der Waals surface area (Å²) in [5.41, 5.74) is 0.528. The molecule has 1 aliphatic carbocycles. The average Bonchev–Trinajstić information content (AvgIpc) is 3.06. The maximum Gasteiger partial charge on any atom is 0.233 e. The van der Waals surface area contributed by atoms with E-state index in [0.717, 1.165) is 36.4 Å². The van der Waals surface area contributed by atoms with Gasteiger partial charge in [-0.3, -0.25) is 9.89 Å². The van der Waals surface area contributed by atoms with E-state index in [9.17, 15) is 4.79 Å². The van der Waals surface area contributed by atoms with Gasteiger partial charge in [-0.15, -0.1) is 0 Å². The Kier molecular flexibility index (Phi) is 4.40. The Morgan fingerprint density at radius 2 is 2.23 bits per heavy atom. The third-order valence-corrected chi connectivity index (χ3v) is 5.58. The van der Waals surface area contributed by atoms with E-state index in [1.165, 1.54) is 6.33 Å². The van der Waals surface area contributed by atoms with Crippen LogP contribution < -0.4 is 4.74 Å². The molecule has 0 spiro atoms. The molecule has 2 aliphatic rings. The lowest BCUT2D eigenvalue weighted by Gasteiger charge is -2.28. The second-order valence-corrected chi connectivity index (χ2v) is 7.14. The zero-order chi connectivity index (χ0) is 18.1. The number of rotatable bonds is 6. The topological polar surface area (TPSA) is 80.3 Å². The van der Waals surface area contributed by atoms with Gasteiger partial charge in [0.15, 0.2) is 0 Å². The maximum absolute atomic E-state index is 13.3. The highest BCUT2D eigenvalue weighted by atomic mass is 16.5. The predicted octanol–water partition coefficient (Wildman–Crippen LogP) is 1.88. The van der Waals surface area contributed by atoms with Crippen molar-refractivity contribution in [1.82, 2.24) is 20.1 Å². The Hall–Kier alpha value is -2.41. The lowest BCUT2D eigenvalue weighted by atomic mass is 9.92. The Morgan fingerprint density at radius 1 is 1.42 bits per heavy atom. The fraction of sp³-hybridized carbons (Fsp3) is 0.526. The van der Waals surface area contributed by atoms with E-state index in [1.54, 1.807) is 12.0 Å². The molecule has 0 unspecified atom stereocenters. The number of aromatic nitrogens is 3. The smallest absolute Gasteiger partial charge is 0.233 e. The van der Waals surface area contributed by atoms with Crippen LogP contribution in [0.4, 0.5) is 0 Å². The molecule has 4 rings (SSSR count). The van der Waals surface area contributed by atoms with Crippen molar-refractivity contribution in [3.05, 3.63) is 42.0 Å². The van der Waals surface area contributed by atoms with Crippen molar-refractivity contribution in [3.8, 4) is 5.75 Å².